The molecule has 0 aromatic heterocycles. The molecule has 0 aliphatic carbocycles. The van der Waals surface area contributed by atoms with Crippen LogP contribution in [0.15, 0.2) is 48.5 Å². The number of carbonyl (C=O) groups is 3. The second-order valence-corrected chi connectivity index (χ2v) is 7.25. The van der Waals surface area contributed by atoms with Crippen LogP contribution in [0.4, 0.5) is 9.18 Å². The van der Waals surface area contributed by atoms with E-state index in [1.165, 1.54) is 12.1 Å². The Morgan fingerprint density at radius 1 is 1.10 bits per heavy atom. The Balaban J connectivity index is 1.46. The number of rotatable bonds is 6. The van der Waals surface area contributed by atoms with Crippen molar-refractivity contribution in [3.05, 3.63) is 65.5 Å². The van der Waals surface area contributed by atoms with E-state index in [0.29, 0.717) is 42.8 Å². The maximum Gasteiger partial charge on any atom is 0.513 e. The normalized spacial score (nSPS) is 14.1. The molecular weight excluding hydrogens is 403 g/mol. The lowest BCUT2D eigenvalue weighted by Gasteiger charge is -2.32. The standard InChI is InChI=1S/C23H25FN2O5/c1-2-30-23(29)31-20-8-6-17(7-9-20)22(28)26-12-10-19(11-13-26)25-21(27)15-16-4-3-5-18(24)14-16/h3-9,14,19H,2,10-13,15H2,1H3,(H,25,27). The Labute approximate surface area is 180 Å². The first kappa shape index (κ1) is 22.3. The molecule has 8 heteroatoms. The number of amides is 2. The zero-order chi connectivity index (χ0) is 22.2. The van der Waals surface area contributed by atoms with Crippen molar-refractivity contribution in [3.8, 4) is 5.75 Å². The quantitative estimate of drug-likeness (QED) is 0.564. The maximum absolute atomic E-state index is 13.2. The topological polar surface area (TPSA) is 84.9 Å². The average Bonchev–Trinajstić information content (AvgIpc) is 2.74. The lowest BCUT2D eigenvalue weighted by Crippen LogP contribution is -2.46. The zero-order valence-electron chi connectivity index (χ0n) is 17.3. The summed E-state index contributed by atoms with van der Waals surface area (Å²) in [6, 6.07) is 12.3. The van der Waals surface area contributed by atoms with Gasteiger partial charge in [-0.25, -0.2) is 9.18 Å². The summed E-state index contributed by atoms with van der Waals surface area (Å²) in [6.45, 7) is 2.94. The van der Waals surface area contributed by atoms with Crippen molar-refractivity contribution >= 4 is 18.0 Å². The highest BCUT2D eigenvalue weighted by Gasteiger charge is 2.24. The highest BCUT2D eigenvalue weighted by Crippen LogP contribution is 2.18. The fourth-order valence-electron chi connectivity index (χ4n) is 3.43. The molecule has 2 amide bonds. The minimum absolute atomic E-state index is 0.0227. The van der Waals surface area contributed by atoms with Gasteiger partial charge in [0.15, 0.2) is 0 Å². The molecule has 0 atom stereocenters. The van der Waals surface area contributed by atoms with Gasteiger partial charge in [0.05, 0.1) is 13.0 Å². The van der Waals surface area contributed by atoms with Gasteiger partial charge in [-0.3, -0.25) is 9.59 Å². The molecule has 3 rings (SSSR count). The maximum atomic E-state index is 13.2. The van der Waals surface area contributed by atoms with Gasteiger partial charge in [-0.05, 0) is 61.7 Å². The van der Waals surface area contributed by atoms with Crippen LogP contribution in [0.25, 0.3) is 0 Å². The number of likely N-dealkylation sites (tertiary alicyclic amines) is 1. The molecule has 7 nitrogen and oxygen atoms in total. The van der Waals surface area contributed by atoms with E-state index < -0.39 is 6.16 Å². The SMILES string of the molecule is CCOC(=O)Oc1ccc(C(=O)N2CCC(NC(=O)Cc3cccc(F)c3)CC2)cc1. The third-order valence-electron chi connectivity index (χ3n) is 4.97. The highest BCUT2D eigenvalue weighted by molar-refractivity contribution is 5.94. The van der Waals surface area contributed by atoms with Crippen LogP contribution in [0.5, 0.6) is 5.75 Å². The number of nitrogens with zero attached hydrogens (tertiary/aromatic N) is 1. The van der Waals surface area contributed by atoms with Crippen molar-refractivity contribution < 1.29 is 28.2 Å². The summed E-state index contributed by atoms with van der Waals surface area (Å²) in [6.07, 6.45) is 0.620. The third-order valence-corrected chi connectivity index (χ3v) is 4.97. The van der Waals surface area contributed by atoms with Gasteiger partial charge in [-0.1, -0.05) is 12.1 Å². The molecule has 1 heterocycles. The molecule has 2 aromatic carbocycles. The van der Waals surface area contributed by atoms with Gasteiger partial charge in [-0.2, -0.15) is 0 Å². The van der Waals surface area contributed by atoms with E-state index in [1.54, 1.807) is 48.2 Å². The van der Waals surface area contributed by atoms with Crippen LogP contribution >= 0.6 is 0 Å². The van der Waals surface area contributed by atoms with Crippen LogP contribution in [0.2, 0.25) is 0 Å². The predicted octanol–water partition coefficient (Wildman–Crippen LogP) is 3.32. The van der Waals surface area contributed by atoms with E-state index in [-0.39, 0.29) is 36.7 Å². The summed E-state index contributed by atoms with van der Waals surface area (Å²) in [5.41, 5.74) is 1.12. The van der Waals surface area contributed by atoms with Crippen molar-refractivity contribution in [2.24, 2.45) is 0 Å². The van der Waals surface area contributed by atoms with Crippen molar-refractivity contribution in [2.45, 2.75) is 32.2 Å². The number of carbonyl (C=O) groups excluding carboxylic acids is 3. The number of ether oxygens (including phenoxy) is 2. The van der Waals surface area contributed by atoms with E-state index >= 15 is 0 Å². The summed E-state index contributed by atoms with van der Waals surface area (Å²) in [5, 5.41) is 2.96. The Bertz CT molecular complexity index is 924. The van der Waals surface area contributed by atoms with Crippen LogP contribution in [0.3, 0.4) is 0 Å². The number of piperidine rings is 1. The van der Waals surface area contributed by atoms with Crippen LogP contribution in [-0.4, -0.2) is 48.6 Å². The summed E-state index contributed by atoms with van der Waals surface area (Å²) < 4.78 is 22.9. The van der Waals surface area contributed by atoms with E-state index in [4.69, 9.17) is 9.47 Å². The number of nitrogens with one attached hydrogen (secondary N) is 1. The summed E-state index contributed by atoms with van der Waals surface area (Å²) in [5.74, 6) is -0.341. The van der Waals surface area contributed by atoms with Crippen LogP contribution < -0.4 is 10.1 Å². The van der Waals surface area contributed by atoms with Gasteiger partial charge in [-0.15, -0.1) is 0 Å². The first-order valence-corrected chi connectivity index (χ1v) is 10.2. The van der Waals surface area contributed by atoms with Gasteiger partial charge >= 0.3 is 6.16 Å². The Morgan fingerprint density at radius 2 is 1.81 bits per heavy atom. The predicted molar refractivity (Wildman–Crippen MR) is 111 cm³/mol. The van der Waals surface area contributed by atoms with Gasteiger partial charge < -0.3 is 19.7 Å². The molecule has 0 radical (unpaired) electrons. The lowest BCUT2D eigenvalue weighted by atomic mass is 10.0. The summed E-state index contributed by atoms with van der Waals surface area (Å²) >= 11 is 0. The Morgan fingerprint density at radius 3 is 2.45 bits per heavy atom. The van der Waals surface area contributed by atoms with Crippen molar-refractivity contribution in [1.29, 1.82) is 0 Å². The number of benzene rings is 2. The van der Waals surface area contributed by atoms with Gasteiger partial charge in [0, 0.05) is 24.7 Å². The molecule has 1 aliphatic rings. The molecule has 0 saturated carbocycles. The van der Waals surface area contributed by atoms with E-state index in [0.717, 1.165) is 0 Å². The number of halogens is 1. The second-order valence-electron chi connectivity index (χ2n) is 7.25. The first-order valence-electron chi connectivity index (χ1n) is 10.2. The minimum Gasteiger partial charge on any atom is -0.434 e. The molecular formula is C23H25FN2O5. The summed E-state index contributed by atoms with van der Waals surface area (Å²) in [4.78, 5) is 38.0. The van der Waals surface area contributed by atoms with Gasteiger partial charge in [0.25, 0.3) is 5.91 Å². The van der Waals surface area contributed by atoms with Crippen molar-refractivity contribution in [2.75, 3.05) is 19.7 Å². The first-order chi connectivity index (χ1) is 14.9. The minimum atomic E-state index is -0.789. The largest absolute Gasteiger partial charge is 0.513 e. The Kier molecular flexibility index (Phi) is 7.59. The van der Waals surface area contributed by atoms with Crippen molar-refractivity contribution in [1.82, 2.24) is 10.2 Å². The van der Waals surface area contributed by atoms with Crippen LogP contribution in [-0.2, 0) is 16.0 Å². The molecule has 31 heavy (non-hydrogen) atoms. The molecule has 0 bridgehead atoms. The molecule has 1 N–H and O–H groups in total. The molecule has 1 saturated heterocycles. The van der Waals surface area contributed by atoms with Gasteiger partial charge in [0.2, 0.25) is 5.91 Å². The number of hydrogen-bond donors (Lipinski definition) is 1. The van der Waals surface area contributed by atoms with Crippen LogP contribution in [0.1, 0.15) is 35.7 Å². The van der Waals surface area contributed by atoms with Crippen LogP contribution in [0, 0.1) is 5.82 Å². The Hall–Kier alpha value is -3.42. The van der Waals surface area contributed by atoms with E-state index in [1.807, 2.05) is 0 Å². The molecule has 164 valence electrons. The molecule has 2 aromatic rings. The summed E-state index contributed by atoms with van der Waals surface area (Å²) in [7, 11) is 0. The third kappa shape index (κ3) is 6.53. The second kappa shape index (κ2) is 10.6. The van der Waals surface area contributed by atoms with Crippen molar-refractivity contribution in [3.63, 3.8) is 0 Å². The molecule has 1 fully saturated rings. The molecule has 1 aliphatic heterocycles. The molecule has 0 unspecified atom stereocenters. The zero-order valence-corrected chi connectivity index (χ0v) is 17.3. The fraction of sp³-hybridized carbons (Fsp3) is 0.348. The van der Waals surface area contributed by atoms with Gasteiger partial charge in [0.1, 0.15) is 11.6 Å². The monoisotopic (exact) mass is 428 g/mol. The smallest absolute Gasteiger partial charge is 0.434 e. The van der Waals surface area contributed by atoms with E-state index in [9.17, 15) is 18.8 Å². The molecule has 0 spiro atoms. The highest BCUT2D eigenvalue weighted by atomic mass is 19.1. The van der Waals surface area contributed by atoms with E-state index in [2.05, 4.69) is 5.32 Å². The average molecular weight is 428 g/mol. The lowest BCUT2D eigenvalue weighted by molar-refractivity contribution is -0.121. The fourth-order valence-corrected chi connectivity index (χ4v) is 3.43. The number of hydrogen-bond acceptors (Lipinski definition) is 5.